The van der Waals surface area contributed by atoms with Gasteiger partial charge < -0.3 is 4.90 Å². The lowest BCUT2D eigenvalue weighted by molar-refractivity contribution is -0.116. The molecule has 4 rings (SSSR count). The Kier molecular flexibility index (Phi) is 4.92. The van der Waals surface area contributed by atoms with Crippen molar-refractivity contribution in [2.45, 2.75) is 33.2 Å². The first-order chi connectivity index (χ1) is 13.8. The van der Waals surface area contributed by atoms with Crippen molar-refractivity contribution < 1.29 is 14.0 Å². The van der Waals surface area contributed by atoms with Gasteiger partial charge in [0.05, 0.1) is 5.69 Å². The van der Waals surface area contributed by atoms with Crippen LogP contribution in [0, 0.1) is 12.7 Å². The van der Waals surface area contributed by atoms with Gasteiger partial charge in [-0.2, -0.15) is 0 Å². The number of thiazole rings is 1. The minimum atomic E-state index is -0.458. The van der Waals surface area contributed by atoms with E-state index in [4.69, 9.17) is 0 Å². The lowest BCUT2D eigenvalue weighted by Crippen LogP contribution is -2.33. The highest BCUT2D eigenvalue weighted by Crippen LogP contribution is 2.37. The molecule has 0 aliphatic carbocycles. The first kappa shape index (κ1) is 19.3. The summed E-state index contributed by atoms with van der Waals surface area (Å²) in [7, 11) is 0. The van der Waals surface area contributed by atoms with Crippen LogP contribution in [0.5, 0.6) is 0 Å². The zero-order valence-corrected chi connectivity index (χ0v) is 17.1. The monoisotopic (exact) mass is 409 g/mol. The van der Waals surface area contributed by atoms with Crippen LogP contribution in [-0.2, 0) is 11.2 Å². The van der Waals surface area contributed by atoms with Crippen molar-refractivity contribution in [3.05, 3.63) is 64.3 Å². The highest BCUT2D eigenvalue weighted by molar-refractivity contribution is 7.16. The SMILES string of the molecule is CC(=O)N1c2ccc(-c3nc(NC(=O)c4cccc(F)c4)sc3C)cc2C[C@@H]1C. The Morgan fingerprint density at radius 2 is 2.03 bits per heavy atom. The summed E-state index contributed by atoms with van der Waals surface area (Å²) in [5.41, 5.74) is 4.04. The molecule has 5 nitrogen and oxygen atoms in total. The second-order valence-corrected chi connectivity index (χ2v) is 8.38. The van der Waals surface area contributed by atoms with Crippen LogP contribution in [0.15, 0.2) is 42.5 Å². The van der Waals surface area contributed by atoms with E-state index in [1.54, 1.807) is 13.0 Å². The Bertz CT molecular complexity index is 1120. The van der Waals surface area contributed by atoms with Crippen molar-refractivity contribution in [1.29, 1.82) is 0 Å². The topological polar surface area (TPSA) is 62.3 Å². The van der Waals surface area contributed by atoms with E-state index in [0.717, 1.165) is 33.8 Å². The normalized spacial score (nSPS) is 15.3. The first-order valence-electron chi connectivity index (χ1n) is 9.31. The molecule has 1 aliphatic rings. The first-order valence-corrected chi connectivity index (χ1v) is 10.1. The van der Waals surface area contributed by atoms with Gasteiger partial charge in [-0.05, 0) is 56.2 Å². The molecule has 0 spiro atoms. The number of carbonyl (C=O) groups excluding carboxylic acids is 2. The van der Waals surface area contributed by atoms with Gasteiger partial charge in [0.25, 0.3) is 5.91 Å². The summed E-state index contributed by atoms with van der Waals surface area (Å²) in [6.45, 7) is 5.56. The molecule has 0 unspecified atom stereocenters. The summed E-state index contributed by atoms with van der Waals surface area (Å²) in [5, 5.41) is 3.21. The molecule has 3 aromatic rings. The van der Waals surface area contributed by atoms with E-state index in [2.05, 4.69) is 16.4 Å². The average Bonchev–Trinajstić information content (AvgIpc) is 3.19. The predicted octanol–water partition coefficient (Wildman–Crippen LogP) is 4.81. The van der Waals surface area contributed by atoms with Crippen LogP contribution in [0.25, 0.3) is 11.3 Å². The van der Waals surface area contributed by atoms with E-state index in [0.29, 0.717) is 5.13 Å². The molecule has 1 N–H and O–H groups in total. The smallest absolute Gasteiger partial charge is 0.257 e. The number of aryl methyl sites for hydroxylation is 1. The maximum absolute atomic E-state index is 13.4. The highest BCUT2D eigenvalue weighted by atomic mass is 32.1. The van der Waals surface area contributed by atoms with Crippen molar-refractivity contribution in [3.8, 4) is 11.3 Å². The molecule has 2 aromatic carbocycles. The molecule has 0 fully saturated rings. The molecule has 0 radical (unpaired) electrons. The summed E-state index contributed by atoms with van der Waals surface area (Å²) in [6.07, 6.45) is 0.801. The van der Waals surface area contributed by atoms with Crippen LogP contribution in [0.3, 0.4) is 0 Å². The molecular formula is C22H20FN3O2S. The molecule has 0 saturated carbocycles. The van der Waals surface area contributed by atoms with Crippen molar-refractivity contribution in [2.24, 2.45) is 0 Å². The third-order valence-corrected chi connectivity index (χ3v) is 5.90. The fourth-order valence-electron chi connectivity index (χ4n) is 3.78. The van der Waals surface area contributed by atoms with Crippen LogP contribution >= 0.6 is 11.3 Å². The predicted molar refractivity (Wildman–Crippen MR) is 113 cm³/mol. The highest BCUT2D eigenvalue weighted by Gasteiger charge is 2.29. The summed E-state index contributed by atoms with van der Waals surface area (Å²) >= 11 is 1.37. The number of nitrogens with zero attached hydrogens (tertiary/aromatic N) is 2. The maximum Gasteiger partial charge on any atom is 0.257 e. The van der Waals surface area contributed by atoms with E-state index in [1.807, 2.05) is 30.9 Å². The van der Waals surface area contributed by atoms with Crippen molar-refractivity contribution in [3.63, 3.8) is 0 Å². The van der Waals surface area contributed by atoms with E-state index >= 15 is 0 Å². The largest absolute Gasteiger partial charge is 0.309 e. The van der Waals surface area contributed by atoms with Crippen LogP contribution in [0.2, 0.25) is 0 Å². The van der Waals surface area contributed by atoms with Crippen molar-refractivity contribution in [2.75, 3.05) is 10.2 Å². The minimum Gasteiger partial charge on any atom is -0.309 e. The lowest BCUT2D eigenvalue weighted by Gasteiger charge is -2.20. The number of halogens is 1. The molecule has 148 valence electrons. The average molecular weight is 409 g/mol. The summed E-state index contributed by atoms with van der Waals surface area (Å²) < 4.78 is 13.4. The van der Waals surface area contributed by atoms with Gasteiger partial charge in [0, 0.05) is 34.7 Å². The molecule has 1 aromatic heterocycles. The lowest BCUT2D eigenvalue weighted by atomic mass is 10.0. The fourth-order valence-corrected chi connectivity index (χ4v) is 4.61. The van der Waals surface area contributed by atoms with Crippen molar-refractivity contribution >= 4 is 34.0 Å². The molecule has 2 heterocycles. The van der Waals surface area contributed by atoms with Crippen LogP contribution in [-0.4, -0.2) is 22.8 Å². The number of nitrogens with one attached hydrogen (secondary N) is 1. The number of anilines is 2. The van der Waals surface area contributed by atoms with Crippen LogP contribution in [0.4, 0.5) is 15.2 Å². The van der Waals surface area contributed by atoms with Gasteiger partial charge in [-0.15, -0.1) is 11.3 Å². The Hall–Kier alpha value is -3.06. The molecule has 1 atom stereocenters. The second kappa shape index (κ2) is 7.40. The van der Waals surface area contributed by atoms with Gasteiger partial charge in [0.15, 0.2) is 5.13 Å². The summed E-state index contributed by atoms with van der Waals surface area (Å²) in [5.74, 6) is -0.818. The van der Waals surface area contributed by atoms with Gasteiger partial charge >= 0.3 is 0 Å². The number of fused-ring (bicyclic) bond motifs is 1. The fraction of sp³-hybridized carbons (Fsp3) is 0.227. The number of hydrogen-bond acceptors (Lipinski definition) is 4. The number of carbonyl (C=O) groups is 2. The molecule has 7 heteroatoms. The number of amides is 2. The molecule has 29 heavy (non-hydrogen) atoms. The van der Waals surface area contributed by atoms with E-state index in [9.17, 15) is 14.0 Å². The maximum atomic E-state index is 13.4. The standard InChI is InChI=1S/C22H20FN3O2S/c1-12-9-17-10-15(7-8-19(17)26(12)14(3)27)20-13(2)29-22(24-20)25-21(28)16-5-4-6-18(23)11-16/h4-8,10-12H,9H2,1-3H3,(H,24,25,28)/t12-/m0/s1. The zero-order valence-electron chi connectivity index (χ0n) is 16.3. The van der Waals surface area contributed by atoms with Crippen LogP contribution < -0.4 is 10.2 Å². The van der Waals surface area contributed by atoms with E-state index < -0.39 is 11.7 Å². The second-order valence-electron chi connectivity index (χ2n) is 7.17. The zero-order chi connectivity index (χ0) is 20.7. The number of hydrogen-bond donors (Lipinski definition) is 1. The molecular weight excluding hydrogens is 389 g/mol. The van der Waals surface area contributed by atoms with Gasteiger partial charge in [0.1, 0.15) is 5.82 Å². The third kappa shape index (κ3) is 3.65. The Balaban J connectivity index is 1.60. The summed E-state index contributed by atoms with van der Waals surface area (Å²) in [4.78, 5) is 31.7. The molecule has 0 bridgehead atoms. The third-order valence-electron chi connectivity index (χ3n) is 5.01. The quantitative estimate of drug-likeness (QED) is 0.675. The van der Waals surface area contributed by atoms with Gasteiger partial charge in [-0.25, -0.2) is 9.37 Å². The van der Waals surface area contributed by atoms with Gasteiger partial charge in [0.2, 0.25) is 5.91 Å². The molecule has 0 saturated heterocycles. The molecule has 2 amide bonds. The Morgan fingerprint density at radius 3 is 2.76 bits per heavy atom. The number of aromatic nitrogens is 1. The van der Waals surface area contributed by atoms with Crippen molar-refractivity contribution in [1.82, 2.24) is 4.98 Å². The summed E-state index contributed by atoms with van der Waals surface area (Å²) in [6, 6.07) is 11.7. The van der Waals surface area contributed by atoms with Gasteiger partial charge in [-0.1, -0.05) is 12.1 Å². The van der Waals surface area contributed by atoms with Crippen LogP contribution in [0.1, 0.15) is 34.6 Å². The minimum absolute atomic E-state index is 0.0381. The molecule has 1 aliphatic heterocycles. The van der Waals surface area contributed by atoms with E-state index in [-0.39, 0.29) is 17.5 Å². The van der Waals surface area contributed by atoms with E-state index in [1.165, 1.54) is 29.5 Å². The number of benzene rings is 2. The number of rotatable bonds is 3. The van der Waals surface area contributed by atoms with Gasteiger partial charge in [-0.3, -0.25) is 14.9 Å². The Labute approximate surface area is 172 Å². The Morgan fingerprint density at radius 1 is 1.24 bits per heavy atom.